The van der Waals surface area contributed by atoms with Crippen LogP contribution in [0.4, 0.5) is 0 Å². The summed E-state index contributed by atoms with van der Waals surface area (Å²) >= 11 is 3.68. The van der Waals surface area contributed by atoms with Crippen LogP contribution in [0.15, 0.2) is 10.5 Å². The second-order valence-electron chi connectivity index (χ2n) is 5.84. The summed E-state index contributed by atoms with van der Waals surface area (Å²) in [5, 5.41) is 0. The van der Waals surface area contributed by atoms with Gasteiger partial charge in [-0.25, -0.2) is 0 Å². The molecule has 3 nitrogen and oxygen atoms in total. The van der Waals surface area contributed by atoms with E-state index >= 15 is 0 Å². The molecule has 104 valence electrons. The van der Waals surface area contributed by atoms with Gasteiger partial charge in [0.15, 0.2) is 11.5 Å². The fraction of sp³-hybridized carbons (Fsp3) is 0.600. The highest BCUT2D eigenvalue weighted by Gasteiger charge is 2.44. The molecule has 0 bridgehead atoms. The Morgan fingerprint density at radius 3 is 2.58 bits per heavy atom. The fourth-order valence-corrected chi connectivity index (χ4v) is 3.56. The van der Waals surface area contributed by atoms with Crippen LogP contribution in [0.1, 0.15) is 50.2 Å². The number of nitrogens with two attached hydrogens (primary N) is 1. The topological polar surface area (TPSA) is 44.5 Å². The van der Waals surface area contributed by atoms with Crippen molar-refractivity contribution in [1.82, 2.24) is 0 Å². The minimum Gasteiger partial charge on any atom is -0.490 e. The maximum absolute atomic E-state index is 6.45. The number of hydrogen-bond acceptors (Lipinski definition) is 3. The Morgan fingerprint density at radius 2 is 1.95 bits per heavy atom. The van der Waals surface area contributed by atoms with Gasteiger partial charge in [0, 0.05) is 22.0 Å². The van der Waals surface area contributed by atoms with Crippen molar-refractivity contribution >= 4 is 15.9 Å². The normalized spacial score (nSPS) is 20.3. The molecule has 19 heavy (non-hydrogen) atoms. The molecule has 1 aromatic rings. The van der Waals surface area contributed by atoms with E-state index in [-0.39, 0.29) is 5.54 Å². The molecular weight excluding hydrogens is 306 g/mol. The van der Waals surface area contributed by atoms with Crippen molar-refractivity contribution < 1.29 is 9.47 Å². The maximum atomic E-state index is 6.45. The molecule has 2 N–H and O–H groups in total. The number of hydrogen-bond donors (Lipinski definition) is 1. The molecule has 0 saturated heterocycles. The smallest absolute Gasteiger partial charge is 0.165 e. The van der Waals surface area contributed by atoms with Crippen molar-refractivity contribution in [2.45, 2.75) is 44.6 Å². The van der Waals surface area contributed by atoms with Gasteiger partial charge in [-0.2, -0.15) is 0 Å². The Kier molecular flexibility index (Phi) is 3.26. The molecule has 0 amide bonds. The first-order chi connectivity index (χ1) is 9.03. The Morgan fingerprint density at radius 1 is 1.26 bits per heavy atom. The van der Waals surface area contributed by atoms with Gasteiger partial charge in [0.05, 0.1) is 13.2 Å². The summed E-state index contributed by atoms with van der Waals surface area (Å²) in [6.07, 6.45) is 3.02. The molecule has 4 heteroatoms. The van der Waals surface area contributed by atoms with Crippen LogP contribution >= 0.6 is 15.9 Å². The van der Waals surface area contributed by atoms with E-state index in [4.69, 9.17) is 15.2 Å². The summed E-state index contributed by atoms with van der Waals surface area (Å²) in [7, 11) is 0. The summed E-state index contributed by atoms with van der Waals surface area (Å²) in [4.78, 5) is 0. The van der Waals surface area contributed by atoms with Crippen LogP contribution in [-0.2, 0) is 5.54 Å². The molecular formula is C15H20BrNO2. The van der Waals surface area contributed by atoms with E-state index in [1.807, 2.05) is 6.07 Å². The van der Waals surface area contributed by atoms with Gasteiger partial charge in [0.2, 0.25) is 0 Å². The Bertz CT molecular complexity index is 509. The average Bonchev–Trinajstić information content (AvgIpc) is 3.11. The molecule has 0 radical (unpaired) electrons. The Balaban J connectivity index is 2.22. The average molecular weight is 326 g/mol. The van der Waals surface area contributed by atoms with E-state index < -0.39 is 0 Å². The largest absolute Gasteiger partial charge is 0.490 e. The summed E-state index contributed by atoms with van der Waals surface area (Å²) in [5.41, 5.74) is 8.70. The van der Waals surface area contributed by atoms with Crippen LogP contribution in [-0.4, -0.2) is 13.2 Å². The standard InChI is InChI=1S/C15H20BrNO2/c1-9(2)12-13(15(17)4-5-15)10(16)8-11-14(12)19-7-3-6-18-11/h8-9H,3-7,17H2,1-2H3. The van der Waals surface area contributed by atoms with E-state index in [1.54, 1.807) is 0 Å². The summed E-state index contributed by atoms with van der Waals surface area (Å²) in [6.45, 7) is 5.80. The predicted octanol–water partition coefficient (Wildman–Crippen LogP) is 3.68. The van der Waals surface area contributed by atoms with Gasteiger partial charge >= 0.3 is 0 Å². The van der Waals surface area contributed by atoms with Crippen LogP contribution in [0.5, 0.6) is 11.5 Å². The van der Waals surface area contributed by atoms with Crippen molar-refractivity contribution in [1.29, 1.82) is 0 Å². The highest BCUT2D eigenvalue weighted by molar-refractivity contribution is 9.10. The third kappa shape index (κ3) is 2.25. The lowest BCUT2D eigenvalue weighted by Gasteiger charge is -2.24. The molecule has 1 heterocycles. The van der Waals surface area contributed by atoms with E-state index in [9.17, 15) is 0 Å². The van der Waals surface area contributed by atoms with Gasteiger partial charge in [0.25, 0.3) is 0 Å². The van der Waals surface area contributed by atoms with Crippen LogP contribution in [0.3, 0.4) is 0 Å². The molecule has 0 atom stereocenters. The molecule has 0 aromatic heterocycles. The minimum absolute atomic E-state index is 0.177. The lowest BCUT2D eigenvalue weighted by Crippen LogP contribution is -2.22. The minimum atomic E-state index is -0.177. The van der Waals surface area contributed by atoms with E-state index in [1.165, 1.54) is 11.1 Å². The first-order valence-electron chi connectivity index (χ1n) is 6.94. The maximum Gasteiger partial charge on any atom is 0.165 e. The monoisotopic (exact) mass is 325 g/mol. The van der Waals surface area contributed by atoms with E-state index in [2.05, 4.69) is 29.8 Å². The summed E-state index contributed by atoms with van der Waals surface area (Å²) < 4.78 is 12.8. The third-order valence-corrected chi connectivity index (χ3v) is 4.52. The van der Waals surface area contributed by atoms with Crippen molar-refractivity contribution in [3.05, 3.63) is 21.7 Å². The molecule has 0 spiro atoms. The molecule has 1 aliphatic heterocycles. The van der Waals surface area contributed by atoms with Crippen molar-refractivity contribution in [2.75, 3.05) is 13.2 Å². The van der Waals surface area contributed by atoms with Gasteiger partial charge in [-0.05, 0) is 30.4 Å². The zero-order valence-electron chi connectivity index (χ0n) is 11.5. The van der Waals surface area contributed by atoms with Crippen LogP contribution in [0.25, 0.3) is 0 Å². The van der Waals surface area contributed by atoms with Gasteiger partial charge < -0.3 is 15.2 Å². The van der Waals surface area contributed by atoms with Gasteiger partial charge in [0.1, 0.15) is 0 Å². The van der Waals surface area contributed by atoms with Crippen LogP contribution < -0.4 is 15.2 Å². The first kappa shape index (κ1) is 13.3. The molecule has 0 unspecified atom stereocenters. The molecule has 1 aromatic carbocycles. The number of benzene rings is 1. The fourth-order valence-electron chi connectivity index (χ4n) is 2.74. The van der Waals surface area contributed by atoms with Gasteiger partial charge in [-0.15, -0.1) is 0 Å². The van der Waals surface area contributed by atoms with E-state index in [0.29, 0.717) is 19.1 Å². The lowest BCUT2D eigenvalue weighted by molar-refractivity contribution is 0.295. The summed E-state index contributed by atoms with van der Waals surface area (Å²) in [6, 6.07) is 2.02. The molecule has 1 saturated carbocycles. The molecule has 3 rings (SSSR count). The number of ether oxygens (including phenoxy) is 2. The zero-order chi connectivity index (χ0) is 13.6. The van der Waals surface area contributed by atoms with Crippen LogP contribution in [0, 0.1) is 0 Å². The Hall–Kier alpha value is -0.740. The highest BCUT2D eigenvalue weighted by atomic mass is 79.9. The van der Waals surface area contributed by atoms with Crippen molar-refractivity contribution in [3.8, 4) is 11.5 Å². The highest BCUT2D eigenvalue weighted by Crippen LogP contribution is 2.53. The SMILES string of the molecule is CC(C)c1c2c(cc(Br)c1C1(N)CC1)OCCCO2. The van der Waals surface area contributed by atoms with E-state index in [0.717, 1.165) is 35.2 Å². The first-order valence-corrected chi connectivity index (χ1v) is 7.73. The zero-order valence-corrected chi connectivity index (χ0v) is 13.0. The number of fused-ring (bicyclic) bond motifs is 1. The third-order valence-electron chi connectivity index (χ3n) is 3.89. The van der Waals surface area contributed by atoms with Crippen molar-refractivity contribution in [2.24, 2.45) is 5.73 Å². The van der Waals surface area contributed by atoms with Crippen LogP contribution in [0.2, 0.25) is 0 Å². The second kappa shape index (κ2) is 4.67. The van der Waals surface area contributed by atoms with Gasteiger partial charge in [-0.1, -0.05) is 29.8 Å². The lowest BCUT2D eigenvalue weighted by atomic mass is 9.90. The number of halogens is 1. The molecule has 1 fully saturated rings. The van der Waals surface area contributed by atoms with Gasteiger partial charge in [-0.3, -0.25) is 0 Å². The quantitative estimate of drug-likeness (QED) is 0.902. The Labute approximate surface area is 122 Å². The predicted molar refractivity (Wildman–Crippen MR) is 78.9 cm³/mol. The summed E-state index contributed by atoms with van der Waals surface area (Å²) in [5.74, 6) is 2.12. The molecule has 2 aliphatic rings. The van der Waals surface area contributed by atoms with Crippen molar-refractivity contribution in [3.63, 3.8) is 0 Å². The number of rotatable bonds is 2. The second-order valence-corrected chi connectivity index (χ2v) is 6.69. The molecule has 1 aliphatic carbocycles.